The number of hydrogen-bond donors (Lipinski definition) is 2. The second-order valence-electron chi connectivity index (χ2n) is 3.70. The number of alkyl halides is 3. The molecule has 0 aliphatic carbocycles. The van der Waals surface area contributed by atoms with Crippen molar-refractivity contribution in [3.63, 3.8) is 0 Å². The van der Waals surface area contributed by atoms with Gasteiger partial charge in [-0.15, -0.1) is 0 Å². The molecule has 1 aromatic carbocycles. The minimum Gasteiger partial charge on any atom is -0.392 e. The lowest BCUT2D eigenvalue weighted by molar-refractivity contribution is 0.204. The van der Waals surface area contributed by atoms with Gasteiger partial charge in [0.15, 0.2) is 0 Å². The number of benzene rings is 1. The predicted octanol–water partition coefficient (Wildman–Crippen LogP) is 2.20. The zero-order valence-electron chi connectivity index (χ0n) is 9.40. The van der Waals surface area contributed by atoms with Gasteiger partial charge in [-0.2, -0.15) is 8.78 Å². The first-order valence-electron chi connectivity index (χ1n) is 4.98. The molecule has 0 aromatic heterocycles. The van der Waals surface area contributed by atoms with Crippen molar-refractivity contribution in [1.29, 1.82) is 0 Å². The molecule has 0 saturated heterocycles. The standard InChI is InChI=1S/C10H12BrF2NO3S/c1-7(15)6-14-8-2-4-9(5-3-8)18(16,17)10(11,12)13/h2-5,7,14-15H,6H2,1H3/t7-/m0/s1. The van der Waals surface area contributed by atoms with Crippen molar-refractivity contribution in [3.05, 3.63) is 24.3 Å². The Morgan fingerprint density at radius 3 is 2.28 bits per heavy atom. The molecule has 0 amide bonds. The number of nitrogens with one attached hydrogen (secondary N) is 1. The zero-order valence-corrected chi connectivity index (χ0v) is 11.8. The molecule has 0 fully saturated rings. The Kier molecular flexibility index (Phi) is 4.68. The molecule has 0 spiro atoms. The van der Waals surface area contributed by atoms with Gasteiger partial charge in [0.1, 0.15) is 0 Å². The topological polar surface area (TPSA) is 66.4 Å². The van der Waals surface area contributed by atoms with Crippen molar-refractivity contribution in [2.45, 2.75) is 22.1 Å². The summed E-state index contributed by atoms with van der Waals surface area (Å²) in [6.07, 6.45) is -0.569. The van der Waals surface area contributed by atoms with Crippen LogP contribution in [0.5, 0.6) is 0 Å². The van der Waals surface area contributed by atoms with E-state index in [1.54, 1.807) is 6.92 Å². The van der Waals surface area contributed by atoms with Crippen LogP contribution in [-0.2, 0) is 9.84 Å². The Labute approximate surface area is 112 Å². The Morgan fingerprint density at radius 2 is 1.89 bits per heavy atom. The van der Waals surface area contributed by atoms with Gasteiger partial charge in [0, 0.05) is 28.2 Å². The van der Waals surface area contributed by atoms with Crippen LogP contribution in [0, 0.1) is 0 Å². The van der Waals surface area contributed by atoms with E-state index in [0.29, 0.717) is 5.69 Å². The van der Waals surface area contributed by atoms with Crippen molar-refractivity contribution in [2.75, 3.05) is 11.9 Å². The SMILES string of the molecule is C[C@H](O)CNc1ccc(S(=O)(=O)C(F)(F)Br)cc1. The third-order valence-electron chi connectivity index (χ3n) is 2.07. The fourth-order valence-corrected chi connectivity index (χ4v) is 2.47. The summed E-state index contributed by atoms with van der Waals surface area (Å²) >= 11 is 1.84. The number of anilines is 1. The Balaban J connectivity index is 2.90. The van der Waals surface area contributed by atoms with Crippen LogP contribution in [0.3, 0.4) is 0 Å². The van der Waals surface area contributed by atoms with Crippen molar-refractivity contribution in [3.8, 4) is 0 Å². The Bertz CT molecular complexity index is 497. The second kappa shape index (κ2) is 5.50. The summed E-state index contributed by atoms with van der Waals surface area (Å²) < 4.78 is 44.4. The monoisotopic (exact) mass is 343 g/mol. The Morgan fingerprint density at radius 1 is 1.39 bits per heavy atom. The molecule has 102 valence electrons. The molecule has 0 saturated carbocycles. The van der Waals surface area contributed by atoms with Crippen LogP contribution in [0.4, 0.5) is 14.5 Å². The summed E-state index contributed by atoms with van der Waals surface area (Å²) in [4.78, 5) is -0.480. The molecule has 0 aliphatic rings. The van der Waals surface area contributed by atoms with Crippen LogP contribution < -0.4 is 5.32 Å². The summed E-state index contributed by atoms with van der Waals surface area (Å²) in [6.45, 7) is 1.86. The lowest BCUT2D eigenvalue weighted by Gasteiger charge is -2.11. The van der Waals surface area contributed by atoms with E-state index < -0.39 is 25.0 Å². The fourth-order valence-electron chi connectivity index (χ4n) is 1.15. The molecule has 0 aliphatic heterocycles. The van der Waals surface area contributed by atoms with Crippen molar-refractivity contribution >= 4 is 31.5 Å². The molecular weight excluding hydrogens is 332 g/mol. The summed E-state index contributed by atoms with van der Waals surface area (Å²) in [5, 5.41) is 11.9. The van der Waals surface area contributed by atoms with Gasteiger partial charge in [-0.1, -0.05) is 0 Å². The van der Waals surface area contributed by atoms with E-state index in [1.807, 2.05) is 15.9 Å². The zero-order chi connectivity index (χ0) is 14.0. The third-order valence-corrected chi connectivity index (χ3v) is 4.85. The van der Waals surface area contributed by atoms with E-state index in [1.165, 1.54) is 12.1 Å². The predicted molar refractivity (Wildman–Crippen MR) is 67.7 cm³/mol. The molecule has 0 radical (unpaired) electrons. The molecule has 2 N–H and O–H groups in total. The maximum absolute atomic E-state index is 12.8. The smallest absolute Gasteiger partial charge is 0.392 e. The molecule has 1 rings (SSSR count). The largest absolute Gasteiger partial charge is 0.404 e. The van der Waals surface area contributed by atoms with Gasteiger partial charge in [0.2, 0.25) is 0 Å². The average molecular weight is 344 g/mol. The highest BCUT2D eigenvalue weighted by molar-refractivity contribution is 9.11. The maximum atomic E-state index is 12.8. The van der Waals surface area contributed by atoms with Gasteiger partial charge in [-0.05, 0) is 31.2 Å². The van der Waals surface area contributed by atoms with E-state index in [0.717, 1.165) is 12.1 Å². The van der Waals surface area contributed by atoms with Gasteiger partial charge < -0.3 is 10.4 Å². The maximum Gasteiger partial charge on any atom is 0.404 e. The van der Waals surface area contributed by atoms with E-state index in [9.17, 15) is 17.2 Å². The average Bonchev–Trinajstić information content (AvgIpc) is 2.25. The van der Waals surface area contributed by atoms with E-state index in [4.69, 9.17) is 5.11 Å². The normalized spacial score (nSPS) is 14.3. The van der Waals surface area contributed by atoms with E-state index in [2.05, 4.69) is 5.32 Å². The van der Waals surface area contributed by atoms with Gasteiger partial charge in [-0.25, -0.2) is 8.42 Å². The highest BCUT2D eigenvalue weighted by Gasteiger charge is 2.43. The van der Waals surface area contributed by atoms with E-state index in [-0.39, 0.29) is 6.54 Å². The molecule has 1 atom stereocenters. The molecule has 18 heavy (non-hydrogen) atoms. The first-order chi connectivity index (χ1) is 8.14. The number of halogens is 3. The number of sulfone groups is 1. The fraction of sp³-hybridized carbons (Fsp3) is 0.400. The number of rotatable bonds is 5. The summed E-state index contributed by atoms with van der Waals surface area (Å²) in [5.74, 6) is 0. The van der Waals surface area contributed by atoms with Crippen LogP contribution in [0.15, 0.2) is 29.2 Å². The first-order valence-corrected chi connectivity index (χ1v) is 7.25. The molecule has 8 heteroatoms. The molecule has 0 heterocycles. The van der Waals surface area contributed by atoms with Crippen molar-refractivity contribution in [2.24, 2.45) is 0 Å². The van der Waals surface area contributed by atoms with Crippen LogP contribution >= 0.6 is 15.9 Å². The van der Waals surface area contributed by atoms with Crippen LogP contribution in [-0.4, -0.2) is 30.3 Å². The molecule has 0 unspecified atom stereocenters. The van der Waals surface area contributed by atoms with Gasteiger partial charge in [0.05, 0.1) is 11.0 Å². The van der Waals surface area contributed by atoms with Crippen molar-refractivity contribution < 1.29 is 22.3 Å². The van der Waals surface area contributed by atoms with Gasteiger partial charge in [0.25, 0.3) is 9.84 Å². The minimum atomic E-state index is -4.72. The van der Waals surface area contributed by atoms with Gasteiger partial charge in [-0.3, -0.25) is 0 Å². The van der Waals surface area contributed by atoms with Crippen LogP contribution in [0.1, 0.15) is 6.92 Å². The van der Waals surface area contributed by atoms with Crippen LogP contribution in [0.25, 0.3) is 0 Å². The lowest BCUT2D eigenvalue weighted by atomic mass is 10.3. The summed E-state index contributed by atoms with van der Waals surface area (Å²) in [5.41, 5.74) is 0.535. The quantitative estimate of drug-likeness (QED) is 0.804. The second-order valence-corrected chi connectivity index (χ2v) is 7.22. The molecule has 4 nitrogen and oxygen atoms in total. The lowest BCUT2D eigenvalue weighted by Crippen LogP contribution is -2.21. The third kappa shape index (κ3) is 3.63. The highest BCUT2D eigenvalue weighted by Crippen LogP contribution is 2.34. The number of aliphatic hydroxyl groups excluding tert-OH is 1. The molecule has 1 aromatic rings. The van der Waals surface area contributed by atoms with Crippen LogP contribution in [0.2, 0.25) is 0 Å². The Hall–Kier alpha value is -0.730. The molecular formula is C10H12BrF2NO3S. The summed E-state index contributed by atoms with van der Waals surface area (Å²) in [6, 6.07) is 4.87. The first kappa shape index (κ1) is 15.3. The minimum absolute atomic E-state index is 0.278. The summed E-state index contributed by atoms with van der Waals surface area (Å²) in [7, 11) is -4.72. The van der Waals surface area contributed by atoms with E-state index >= 15 is 0 Å². The number of aliphatic hydroxyl groups is 1. The van der Waals surface area contributed by atoms with Gasteiger partial charge >= 0.3 is 4.16 Å². The molecule has 0 bridgehead atoms. The highest BCUT2D eigenvalue weighted by atomic mass is 79.9. The van der Waals surface area contributed by atoms with Crippen molar-refractivity contribution in [1.82, 2.24) is 0 Å². The number of hydrogen-bond acceptors (Lipinski definition) is 4.